The fourth-order valence-electron chi connectivity index (χ4n) is 6.75. The average molecular weight is 777 g/mol. The number of aromatic nitrogens is 4. The van der Waals surface area contributed by atoms with Gasteiger partial charge in [-0.15, -0.1) is 13.2 Å². The van der Waals surface area contributed by atoms with Crippen molar-refractivity contribution in [2.75, 3.05) is 46.0 Å². The van der Waals surface area contributed by atoms with Gasteiger partial charge in [-0.05, 0) is 48.1 Å². The molecule has 2 aromatic carbocycles. The Bertz CT molecular complexity index is 2020. The van der Waals surface area contributed by atoms with Crippen molar-refractivity contribution < 1.29 is 14.2 Å². The first kappa shape index (κ1) is 46.3. The molecule has 2 heterocycles. The third kappa shape index (κ3) is 9.66. The van der Waals surface area contributed by atoms with Crippen LogP contribution in [0.1, 0.15) is 71.2 Å². The number of allylic oxidation sites excluding steroid dienone is 2. The fraction of sp³-hybridized carbons (Fsp3) is 0.442. The normalized spacial score (nSPS) is 14.1. The molecule has 0 radical (unpaired) electrons. The van der Waals surface area contributed by atoms with Gasteiger partial charge in [0.2, 0.25) is 0 Å². The third-order valence-corrected chi connectivity index (χ3v) is 11.0. The number of hydrogen-bond donors (Lipinski definition) is 0. The Morgan fingerprint density at radius 2 is 1.41 bits per heavy atom. The highest BCUT2D eigenvalue weighted by molar-refractivity contribution is 7.99. The van der Waals surface area contributed by atoms with Crippen LogP contribution in [0, 0.1) is 0 Å². The molecule has 0 bridgehead atoms. The second kappa shape index (κ2) is 20.7. The molecule has 0 spiro atoms. The van der Waals surface area contributed by atoms with Gasteiger partial charge in [0.1, 0.15) is 5.75 Å². The lowest BCUT2D eigenvalue weighted by molar-refractivity contribution is 0.218. The largest absolute Gasteiger partial charge is 0.497 e. The van der Waals surface area contributed by atoms with E-state index in [0.717, 1.165) is 74.5 Å². The minimum absolute atomic E-state index is 0. The molecule has 2 aliphatic carbocycles. The van der Waals surface area contributed by atoms with Gasteiger partial charge in [-0.1, -0.05) is 103 Å². The minimum atomic E-state index is -0.308. The molecule has 1 atom stereocenters. The average Bonchev–Trinajstić information content (AvgIpc) is 3.11. The van der Waals surface area contributed by atoms with Crippen LogP contribution in [-0.2, 0) is 40.8 Å². The number of hydrogen-bond acceptors (Lipinski definition) is 9. The summed E-state index contributed by atoms with van der Waals surface area (Å²) in [5.74, 6) is 2.64. The molecule has 6 rings (SSSR count). The van der Waals surface area contributed by atoms with Crippen LogP contribution in [0.2, 0.25) is 0 Å². The van der Waals surface area contributed by atoms with Crippen molar-refractivity contribution in [3.05, 3.63) is 111 Å². The molecule has 2 aliphatic rings. The SMILES string of the molecule is C.C.C.C=CCn1c(SCCOC)nc2c(c1=O)C(C)(C)Cc1cc(OC)ccc1-2.C=CCn1c(SCCOC)nc2c(c1=O)CC(C)c1ccccc1-2. The Morgan fingerprint density at radius 1 is 0.833 bits per heavy atom. The Kier molecular flexibility index (Phi) is 17.7. The van der Waals surface area contributed by atoms with E-state index in [9.17, 15) is 9.59 Å². The first-order valence-corrected chi connectivity index (χ1v) is 19.1. The van der Waals surface area contributed by atoms with Crippen LogP contribution in [0.15, 0.2) is 87.7 Å². The summed E-state index contributed by atoms with van der Waals surface area (Å²) in [5.41, 5.74) is 7.52. The first-order chi connectivity index (χ1) is 24.6. The van der Waals surface area contributed by atoms with Crippen molar-refractivity contribution in [2.45, 2.75) is 90.6 Å². The molecule has 294 valence electrons. The maximum atomic E-state index is 13.4. The predicted octanol–water partition coefficient (Wildman–Crippen LogP) is 9.08. The molecule has 0 fully saturated rings. The van der Waals surface area contributed by atoms with Crippen LogP contribution < -0.4 is 15.9 Å². The number of rotatable bonds is 13. The van der Waals surface area contributed by atoms with Crippen LogP contribution in [0.25, 0.3) is 22.5 Å². The van der Waals surface area contributed by atoms with Crippen molar-refractivity contribution >= 4 is 23.5 Å². The van der Waals surface area contributed by atoms with E-state index in [1.165, 1.54) is 17.3 Å². The molecule has 54 heavy (non-hydrogen) atoms. The minimum Gasteiger partial charge on any atom is -0.497 e. The number of benzene rings is 2. The highest BCUT2D eigenvalue weighted by Gasteiger charge is 2.36. The number of thioether (sulfide) groups is 2. The van der Waals surface area contributed by atoms with E-state index in [-0.39, 0.29) is 38.8 Å². The fourth-order valence-corrected chi connectivity index (χ4v) is 8.56. The summed E-state index contributed by atoms with van der Waals surface area (Å²) >= 11 is 3.09. The lowest BCUT2D eigenvalue weighted by Gasteiger charge is -2.33. The zero-order valence-corrected chi connectivity index (χ0v) is 32.1. The Hall–Kier alpha value is -3.90. The second-order valence-corrected chi connectivity index (χ2v) is 15.3. The molecule has 9 nitrogen and oxygen atoms in total. The zero-order chi connectivity index (χ0) is 36.7. The molecular weight excluding hydrogens is 717 g/mol. The summed E-state index contributed by atoms with van der Waals surface area (Å²) in [6, 6.07) is 14.2. The summed E-state index contributed by atoms with van der Waals surface area (Å²) in [7, 11) is 5.01. The van der Waals surface area contributed by atoms with Crippen LogP contribution in [0.4, 0.5) is 0 Å². The van der Waals surface area contributed by atoms with Crippen molar-refractivity contribution in [3.8, 4) is 28.3 Å². The smallest absolute Gasteiger partial charge is 0.258 e. The van der Waals surface area contributed by atoms with Gasteiger partial charge >= 0.3 is 0 Å². The van der Waals surface area contributed by atoms with Crippen LogP contribution in [0.5, 0.6) is 5.75 Å². The second-order valence-electron chi connectivity index (χ2n) is 13.2. The molecule has 2 aromatic heterocycles. The van der Waals surface area contributed by atoms with E-state index in [4.69, 9.17) is 24.2 Å². The number of nitrogens with zero attached hydrogens (tertiary/aromatic N) is 4. The Morgan fingerprint density at radius 3 is 1.98 bits per heavy atom. The zero-order valence-electron chi connectivity index (χ0n) is 30.5. The van der Waals surface area contributed by atoms with Gasteiger partial charge in [0.05, 0.1) is 31.7 Å². The van der Waals surface area contributed by atoms with Gasteiger partial charge in [-0.2, -0.15) is 0 Å². The summed E-state index contributed by atoms with van der Waals surface area (Å²) in [6.07, 6.45) is 4.99. The summed E-state index contributed by atoms with van der Waals surface area (Å²) < 4.78 is 19.1. The number of ether oxygens (including phenoxy) is 3. The molecule has 11 heteroatoms. The summed E-state index contributed by atoms with van der Waals surface area (Å²) in [5, 5.41) is 1.44. The maximum absolute atomic E-state index is 13.4. The molecular formula is C43H60N4O5S2. The number of methoxy groups -OCH3 is 3. The van der Waals surface area contributed by atoms with Crippen molar-refractivity contribution in [1.82, 2.24) is 19.1 Å². The van der Waals surface area contributed by atoms with Gasteiger partial charge in [-0.25, -0.2) is 9.97 Å². The van der Waals surface area contributed by atoms with Gasteiger partial charge < -0.3 is 14.2 Å². The van der Waals surface area contributed by atoms with Gasteiger partial charge in [0.15, 0.2) is 10.3 Å². The van der Waals surface area contributed by atoms with Crippen molar-refractivity contribution in [3.63, 3.8) is 0 Å². The molecule has 0 amide bonds. The maximum Gasteiger partial charge on any atom is 0.258 e. The van der Waals surface area contributed by atoms with E-state index in [0.29, 0.717) is 37.4 Å². The third-order valence-electron chi connectivity index (χ3n) is 9.16. The first-order valence-electron chi connectivity index (χ1n) is 17.1. The van der Waals surface area contributed by atoms with Crippen molar-refractivity contribution in [1.29, 1.82) is 0 Å². The highest BCUT2D eigenvalue weighted by atomic mass is 32.2. The van der Waals surface area contributed by atoms with E-state index < -0.39 is 0 Å². The van der Waals surface area contributed by atoms with Gasteiger partial charge in [0.25, 0.3) is 11.1 Å². The van der Waals surface area contributed by atoms with E-state index in [1.54, 1.807) is 54.4 Å². The molecule has 0 saturated heterocycles. The predicted molar refractivity (Wildman–Crippen MR) is 229 cm³/mol. The van der Waals surface area contributed by atoms with E-state index in [1.807, 2.05) is 24.3 Å². The monoisotopic (exact) mass is 776 g/mol. The Labute approximate surface area is 331 Å². The molecule has 0 aliphatic heterocycles. The summed E-state index contributed by atoms with van der Waals surface area (Å²) in [4.78, 5) is 36.3. The quantitative estimate of drug-likeness (QED) is 0.0570. The molecule has 4 aromatic rings. The molecule has 1 unspecified atom stereocenters. The molecule has 0 N–H and O–H groups in total. The van der Waals surface area contributed by atoms with Gasteiger partial charge in [-0.3, -0.25) is 18.7 Å². The van der Waals surface area contributed by atoms with Crippen molar-refractivity contribution in [2.24, 2.45) is 0 Å². The molecule has 0 saturated carbocycles. The lowest BCUT2D eigenvalue weighted by Crippen LogP contribution is -2.38. The van der Waals surface area contributed by atoms with E-state index >= 15 is 0 Å². The van der Waals surface area contributed by atoms with Crippen LogP contribution in [-0.4, -0.2) is 65.2 Å². The lowest BCUT2D eigenvalue weighted by atomic mass is 9.72. The topological polar surface area (TPSA) is 97.5 Å². The Balaban J connectivity index is 0.000000356. The summed E-state index contributed by atoms with van der Waals surface area (Å²) in [6.45, 7) is 16.1. The van der Waals surface area contributed by atoms with E-state index in [2.05, 4.69) is 52.1 Å². The standard InChI is InChI=1S/C21H26N2O3S.C19H22N2O2S.3CH4/c1-6-9-23-19(24)17-18(22-20(23)27-11-10-25-4)16-8-7-15(26-5)12-14(16)13-21(17,2)3;1-4-9-21-18(22)16-12-13(2)14-7-5-6-8-15(14)17(16)20-19(21)24-11-10-23-3;;;/h6-8,12H,1,9-11,13H2,2-5H3;4-8,13H,1,9-12H2,2-3H3;3*1H4. The number of fused-ring (bicyclic) bond motifs is 6. The van der Waals surface area contributed by atoms with Gasteiger partial charge in [0, 0.05) is 66.5 Å². The van der Waals surface area contributed by atoms with Crippen LogP contribution in [0.3, 0.4) is 0 Å². The van der Waals surface area contributed by atoms with Crippen LogP contribution >= 0.6 is 23.5 Å². The highest BCUT2D eigenvalue weighted by Crippen LogP contribution is 2.42.